The Kier molecular flexibility index (Phi) is 2.52. The van der Waals surface area contributed by atoms with Crippen LogP contribution in [0.25, 0.3) is 0 Å². The van der Waals surface area contributed by atoms with Gasteiger partial charge in [0.05, 0.1) is 0 Å². The van der Waals surface area contributed by atoms with Crippen molar-refractivity contribution in [1.29, 1.82) is 0 Å². The third-order valence-corrected chi connectivity index (χ3v) is 6.30. The van der Waals surface area contributed by atoms with Gasteiger partial charge in [0.1, 0.15) is 0 Å². The lowest BCUT2D eigenvalue weighted by molar-refractivity contribution is 0.106. The van der Waals surface area contributed by atoms with Gasteiger partial charge in [-0.3, -0.25) is 4.90 Å². The molecule has 0 aromatic rings. The molecular weight excluding hydrogens is 208 g/mol. The van der Waals surface area contributed by atoms with Gasteiger partial charge in [0.25, 0.3) is 0 Å². The topological polar surface area (TPSA) is 6.48 Å². The van der Waals surface area contributed by atoms with Gasteiger partial charge in [-0.25, -0.2) is 0 Å². The minimum absolute atomic E-state index is 0.932. The molecule has 4 unspecified atom stereocenters. The molecule has 17 heavy (non-hydrogen) atoms. The summed E-state index contributed by atoms with van der Waals surface area (Å²) in [6.45, 7) is 1.43. The Morgan fingerprint density at radius 2 is 1.59 bits per heavy atom. The van der Waals surface area contributed by atoms with Gasteiger partial charge in [-0.2, -0.15) is 0 Å². The number of nitrogens with zero attached hydrogens (tertiary/aromatic N) is 2. The molecule has 0 spiro atoms. The van der Waals surface area contributed by atoms with Gasteiger partial charge >= 0.3 is 0 Å². The molecule has 4 rings (SSSR count). The second-order valence-electron chi connectivity index (χ2n) is 6.97. The Bertz CT molecular complexity index is 287. The van der Waals surface area contributed by atoms with E-state index in [4.69, 9.17) is 0 Å². The van der Waals surface area contributed by atoms with Crippen LogP contribution in [0.2, 0.25) is 0 Å². The second-order valence-corrected chi connectivity index (χ2v) is 6.97. The van der Waals surface area contributed by atoms with E-state index < -0.39 is 0 Å². The van der Waals surface area contributed by atoms with Crippen molar-refractivity contribution < 1.29 is 0 Å². The molecule has 4 fully saturated rings. The van der Waals surface area contributed by atoms with Crippen LogP contribution in [0.1, 0.15) is 51.4 Å². The molecule has 0 N–H and O–H groups in total. The minimum Gasteiger partial charge on any atom is -0.300 e. The molecule has 0 aliphatic carbocycles. The van der Waals surface area contributed by atoms with Gasteiger partial charge in [0, 0.05) is 30.7 Å². The highest BCUT2D eigenvalue weighted by Gasteiger charge is 2.46. The normalized spacial score (nSPS) is 50.3. The first kappa shape index (κ1) is 10.8. The van der Waals surface area contributed by atoms with Crippen molar-refractivity contribution in [3.63, 3.8) is 0 Å². The highest BCUT2D eigenvalue weighted by Crippen LogP contribution is 2.43. The van der Waals surface area contributed by atoms with Crippen LogP contribution in [-0.2, 0) is 0 Å². The number of hydrogen-bond donors (Lipinski definition) is 0. The second kappa shape index (κ2) is 3.96. The first-order chi connectivity index (χ1) is 8.33. The van der Waals surface area contributed by atoms with Crippen molar-refractivity contribution in [3.05, 3.63) is 0 Å². The van der Waals surface area contributed by atoms with Crippen LogP contribution in [0.5, 0.6) is 0 Å². The SMILES string of the molecule is CN1C2CCC1[C@@H](CN1C3CCCC1CC3)C2. The highest BCUT2D eigenvalue weighted by molar-refractivity contribution is 5.02. The van der Waals surface area contributed by atoms with E-state index in [-0.39, 0.29) is 0 Å². The summed E-state index contributed by atoms with van der Waals surface area (Å²) in [5, 5.41) is 0. The molecule has 4 aliphatic heterocycles. The van der Waals surface area contributed by atoms with Crippen molar-refractivity contribution in [2.75, 3.05) is 13.6 Å². The molecule has 0 aromatic carbocycles. The molecule has 2 nitrogen and oxygen atoms in total. The van der Waals surface area contributed by atoms with Crippen LogP contribution < -0.4 is 0 Å². The van der Waals surface area contributed by atoms with Crippen molar-refractivity contribution in [2.45, 2.75) is 75.5 Å². The monoisotopic (exact) mass is 234 g/mol. The number of piperidine rings is 1. The van der Waals surface area contributed by atoms with E-state index >= 15 is 0 Å². The Labute approximate surface area is 105 Å². The van der Waals surface area contributed by atoms with Gasteiger partial charge < -0.3 is 4.90 Å². The fourth-order valence-electron chi connectivity index (χ4n) is 5.39. The van der Waals surface area contributed by atoms with Crippen molar-refractivity contribution >= 4 is 0 Å². The number of rotatable bonds is 2. The predicted octanol–water partition coefficient (Wildman–Crippen LogP) is 2.49. The molecule has 0 amide bonds. The van der Waals surface area contributed by atoms with Gasteiger partial charge in [-0.05, 0) is 57.9 Å². The lowest BCUT2D eigenvalue weighted by atomic mass is 9.87. The van der Waals surface area contributed by atoms with Crippen LogP contribution in [0, 0.1) is 5.92 Å². The molecule has 5 atom stereocenters. The summed E-state index contributed by atoms with van der Waals surface area (Å²) >= 11 is 0. The van der Waals surface area contributed by atoms with Gasteiger partial charge in [-0.1, -0.05) is 6.42 Å². The first-order valence-electron chi connectivity index (χ1n) is 7.80. The molecule has 0 saturated carbocycles. The Morgan fingerprint density at radius 3 is 2.18 bits per heavy atom. The zero-order valence-electron chi connectivity index (χ0n) is 11.1. The molecule has 2 heteroatoms. The van der Waals surface area contributed by atoms with E-state index in [1.54, 1.807) is 0 Å². The molecule has 4 aliphatic rings. The average molecular weight is 234 g/mol. The fourth-order valence-corrected chi connectivity index (χ4v) is 5.39. The molecule has 0 radical (unpaired) electrons. The van der Waals surface area contributed by atoms with Crippen molar-refractivity contribution in [1.82, 2.24) is 9.80 Å². The van der Waals surface area contributed by atoms with Crippen LogP contribution in [0.4, 0.5) is 0 Å². The fraction of sp³-hybridized carbons (Fsp3) is 1.00. The van der Waals surface area contributed by atoms with E-state index in [2.05, 4.69) is 16.8 Å². The zero-order valence-corrected chi connectivity index (χ0v) is 11.1. The van der Waals surface area contributed by atoms with Crippen LogP contribution in [-0.4, -0.2) is 47.6 Å². The number of hydrogen-bond acceptors (Lipinski definition) is 2. The predicted molar refractivity (Wildman–Crippen MR) is 70.0 cm³/mol. The summed E-state index contributed by atoms with van der Waals surface area (Å²) in [6.07, 6.45) is 11.9. The zero-order chi connectivity index (χ0) is 11.4. The van der Waals surface area contributed by atoms with E-state index in [9.17, 15) is 0 Å². The maximum atomic E-state index is 2.92. The van der Waals surface area contributed by atoms with E-state index in [0.29, 0.717) is 0 Å². The third-order valence-electron chi connectivity index (χ3n) is 6.30. The summed E-state index contributed by atoms with van der Waals surface area (Å²) < 4.78 is 0. The largest absolute Gasteiger partial charge is 0.300 e. The van der Waals surface area contributed by atoms with Crippen molar-refractivity contribution in [2.24, 2.45) is 5.92 Å². The highest BCUT2D eigenvalue weighted by atomic mass is 15.3. The quantitative estimate of drug-likeness (QED) is 0.724. The molecule has 4 heterocycles. The number of fused-ring (bicyclic) bond motifs is 4. The summed E-state index contributed by atoms with van der Waals surface area (Å²) in [6, 6.07) is 3.81. The van der Waals surface area contributed by atoms with Crippen LogP contribution in [0.3, 0.4) is 0 Å². The van der Waals surface area contributed by atoms with E-state index in [1.807, 2.05) is 0 Å². The third kappa shape index (κ3) is 1.60. The minimum atomic E-state index is 0.932. The summed E-state index contributed by atoms with van der Waals surface area (Å²) in [7, 11) is 2.37. The standard InChI is InChI=1S/C15H26N2/c1-16-14-7-8-15(16)11(9-14)10-17-12-3-2-4-13(17)6-5-12/h11-15H,2-10H2,1H3/t11-,12?,13?,14?,15?/m1/s1. The molecule has 4 saturated heterocycles. The first-order valence-corrected chi connectivity index (χ1v) is 7.80. The van der Waals surface area contributed by atoms with Gasteiger partial charge in [-0.15, -0.1) is 0 Å². The van der Waals surface area contributed by atoms with Gasteiger partial charge in [0.2, 0.25) is 0 Å². The average Bonchev–Trinajstić information content (AvgIpc) is 2.90. The Morgan fingerprint density at radius 1 is 0.882 bits per heavy atom. The Hall–Kier alpha value is -0.0800. The van der Waals surface area contributed by atoms with Crippen molar-refractivity contribution in [3.8, 4) is 0 Å². The lowest BCUT2D eigenvalue weighted by Crippen LogP contribution is -2.44. The lowest BCUT2D eigenvalue weighted by Gasteiger charge is -2.38. The maximum Gasteiger partial charge on any atom is 0.0137 e. The summed E-state index contributed by atoms with van der Waals surface area (Å²) in [5.41, 5.74) is 0. The summed E-state index contributed by atoms with van der Waals surface area (Å²) in [4.78, 5) is 5.61. The molecular formula is C15H26N2. The molecule has 96 valence electrons. The Balaban J connectivity index is 1.45. The summed E-state index contributed by atoms with van der Waals surface area (Å²) in [5.74, 6) is 1.000. The van der Waals surface area contributed by atoms with Crippen LogP contribution in [0.15, 0.2) is 0 Å². The van der Waals surface area contributed by atoms with E-state index in [0.717, 1.165) is 30.1 Å². The molecule has 0 aromatic heterocycles. The smallest absolute Gasteiger partial charge is 0.0137 e. The molecule has 4 bridgehead atoms. The maximum absolute atomic E-state index is 2.92. The van der Waals surface area contributed by atoms with Crippen LogP contribution >= 0.6 is 0 Å². The van der Waals surface area contributed by atoms with E-state index in [1.165, 1.54) is 57.9 Å². The van der Waals surface area contributed by atoms with Gasteiger partial charge in [0.15, 0.2) is 0 Å².